The van der Waals surface area contributed by atoms with Crippen molar-refractivity contribution in [3.8, 4) is 0 Å². The van der Waals surface area contributed by atoms with E-state index in [4.69, 9.17) is 23.2 Å². The van der Waals surface area contributed by atoms with Crippen molar-refractivity contribution in [1.29, 1.82) is 0 Å². The van der Waals surface area contributed by atoms with Crippen molar-refractivity contribution in [3.63, 3.8) is 0 Å². The van der Waals surface area contributed by atoms with Gasteiger partial charge in [0.15, 0.2) is 0 Å². The van der Waals surface area contributed by atoms with Crippen molar-refractivity contribution in [2.45, 2.75) is 6.54 Å². The Hall–Kier alpha value is -1.89. The number of benzene rings is 3. The van der Waals surface area contributed by atoms with Crippen LogP contribution in [0.3, 0.4) is 0 Å². The van der Waals surface area contributed by atoms with Crippen LogP contribution in [0.2, 0.25) is 10.0 Å². The van der Waals surface area contributed by atoms with Crippen LogP contribution in [-0.4, -0.2) is 11.7 Å². The first-order valence-electron chi connectivity index (χ1n) is 8.22. The zero-order valence-corrected chi connectivity index (χ0v) is 17.7. The number of rotatable bonds is 2. The first kappa shape index (κ1) is 18.5. The third-order valence-corrected chi connectivity index (χ3v) is 5.62. The van der Waals surface area contributed by atoms with E-state index in [2.05, 4.69) is 33.6 Å². The lowest BCUT2D eigenvalue weighted by Gasteiger charge is -2.19. The lowest BCUT2D eigenvalue weighted by atomic mass is 10.1. The monoisotopic (exact) mass is 506 g/mol. The van der Waals surface area contributed by atoms with Crippen LogP contribution in [0.4, 0.5) is 5.69 Å². The first-order chi connectivity index (χ1) is 13.0. The Balaban J connectivity index is 1.79. The average Bonchev–Trinajstić information content (AvgIpc) is 3.01. The van der Waals surface area contributed by atoms with Gasteiger partial charge in [-0.1, -0.05) is 47.5 Å². The van der Waals surface area contributed by atoms with Gasteiger partial charge in [-0.2, -0.15) is 4.99 Å². The van der Waals surface area contributed by atoms with Gasteiger partial charge in [0.05, 0.1) is 17.1 Å². The summed E-state index contributed by atoms with van der Waals surface area (Å²) in [6, 6.07) is 20.9. The standard InChI is InChI=1S/C21H13Cl2IN2O/c22-14-5-10-18(19(23)11-14)21(27)25-20-17-4-2-1-3-13(17)12-26(20)16-8-6-15(24)7-9-16/h1-11H,12H2. The molecule has 0 bridgehead atoms. The molecule has 0 unspecified atom stereocenters. The number of anilines is 1. The highest BCUT2D eigenvalue weighted by Crippen LogP contribution is 2.30. The molecule has 0 radical (unpaired) electrons. The molecule has 1 heterocycles. The van der Waals surface area contributed by atoms with E-state index >= 15 is 0 Å². The molecular formula is C21H13Cl2IN2O. The van der Waals surface area contributed by atoms with E-state index in [1.54, 1.807) is 18.2 Å². The van der Waals surface area contributed by atoms with E-state index in [1.165, 1.54) is 0 Å². The molecule has 27 heavy (non-hydrogen) atoms. The summed E-state index contributed by atoms with van der Waals surface area (Å²) in [6.45, 7) is 0.664. The maximum atomic E-state index is 12.8. The highest BCUT2D eigenvalue weighted by atomic mass is 127. The number of hydrogen-bond acceptors (Lipinski definition) is 1. The molecule has 0 aromatic heterocycles. The highest BCUT2D eigenvalue weighted by Gasteiger charge is 2.27. The van der Waals surface area contributed by atoms with Crippen LogP contribution in [0.1, 0.15) is 21.5 Å². The Bertz CT molecular complexity index is 1060. The molecule has 1 aliphatic rings. The molecule has 4 rings (SSSR count). The zero-order chi connectivity index (χ0) is 19.0. The van der Waals surface area contributed by atoms with Gasteiger partial charge in [0.1, 0.15) is 5.84 Å². The molecule has 0 aliphatic carbocycles. The van der Waals surface area contributed by atoms with Crippen molar-refractivity contribution >= 4 is 63.2 Å². The van der Waals surface area contributed by atoms with Crippen molar-refractivity contribution < 1.29 is 4.79 Å². The van der Waals surface area contributed by atoms with E-state index in [1.807, 2.05) is 47.4 Å². The average molecular weight is 507 g/mol. The fourth-order valence-electron chi connectivity index (χ4n) is 3.04. The number of hydrogen-bond donors (Lipinski definition) is 0. The summed E-state index contributed by atoms with van der Waals surface area (Å²) in [5.41, 5.74) is 3.40. The predicted molar refractivity (Wildman–Crippen MR) is 119 cm³/mol. The molecule has 3 nitrogen and oxygen atoms in total. The number of carbonyl (C=O) groups is 1. The fraction of sp³-hybridized carbons (Fsp3) is 0.0476. The molecule has 1 aliphatic heterocycles. The van der Waals surface area contributed by atoms with Gasteiger partial charge in [0.2, 0.25) is 0 Å². The van der Waals surface area contributed by atoms with Crippen LogP contribution in [0.15, 0.2) is 71.7 Å². The van der Waals surface area contributed by atoms with Crippen LogP contribution >= 0.6 is 45.8 Å². The third-order valence-electron chi connectivity index (χ3n) is 4.35. The summed E-state index contributed by atoms with van der Waals surface area (Å²) in [5.74, 6) is 0.238. The number of fused-ring (bicyclic) bond motifs is 1. The summed E-state index contributed by atoms with van der Waals surface area (Å²) in [5, 5.41) is 0.778. The van der Waals surface area contributed by atoms with E-state index in [0.717, 1.165) is 20.4 Å². The number of amides is 1. The lowest BCUT2D eigenvalue weighted by molar-refractivity contribution is 0.100. The zero-order valence-electron chi connectivity index (χ0n) is 14.0. The van der Waals surface area contributed by atoms with Crippen molar-refractivity contribution in [3.05, 3.63) is 97.0 Å². The smallest absolute Gasteiger partial charge is 0.280 e. The maximum absolute atomic E-state index is 12.8. The number of amidine groups is 1. The summed E-state index contributed by atoms with van der Waals surface area (Å²) in [6.07, 6.45) is 0. The van der Waals surface area contributed by atoms with Gasteiger partial charge in [-0.3, -0.25) is 4.79 Å². The molecule has 1 amide bonds. The van der Waals surface area contributed by atoms with E-state index in [9.17, 15) is 4.79 Å². The summed E-state index contributed by atoms with van der Waals surface area (Å²) < 4.78 is 1.15. The molecule has 134 valence electrons. The van der Waals surface area contributed by atoms with Crippen LogP contribution in [-0.2, 0) is 6.54 Å². The molecule has 0 saturated carbocycles. The van der Waals surface area contributed by atoms with Gasteiger partial charge < -0.3 is 4.90 Å². The molecule has 0 atom stereocenters. The molecular weight excluding hydrogens is 494 g/mol. The third kappa shape index (κ3) is 3.74. The Morgan fingerprint density at radius 2 is 1.74 bits per heavy atom. The minimum absolute atomic E-state index is 0.295. The Kier molecular flexibility index (Phi) is 5.21. The fourth-order valence-corrected chi connectivity index (χ4v) is 3.89. The van der Waals surface area contributed by atoms with E-state index in [0.29, 0.717) is 28.0 Å². The number of halogens is 3. The second kappa shape index (κ2) is 7.62. The van der Waals surface area contributed by atoms with Crippen LogP contribution < -0.4 is 4.90 Å². The van der Waals surface area contributed by atoms with Gasteiger partial charge in [-0.15, -0.1) is 0 Å². The number of aliphatic imine (C=N–C) groups is 1. The molecule has 6 heteroatoms. The molecule has 3 aromatic rings. The Morgan fingerprint density at radius 3 is 2.48 bits per heavy atom. The van der Waals surface area contributed by atoms with Crippen molar-refractivity contribution in [2.75, 3.05) is 4.90 Å². The van der Waals surface area contributed by atoms with Gasteiger partial charge in [-0.05, 0) is 70.6 Å². The molecule has 3 aromatic carbocycles. The van der Waals surface area contributed by atoms with E-state index in [-0.39, 0.29) is 5.91 Å². The number of nitrogens with zero attached hydrogens (tertiary/aromatic N) is 2. The SMILES string of the molecule is O=C(N=C1c2ccccc2CN1c1ccc(I)cc1)c1ccc(Cl)cc1Cl. The quantitative estimate of drug-likeness (QED) is 0.387. The maximum Gasteiger partial charge on any atom is 0.280 e. The van der Waals surface area contributed by atoms with Crippen molar-refractivity contribution in [2.24, 2.45) is 4.99 Å². The number of carbonyl (C=O) groups excluding carboxylic acids is 1. The minimum Gasteiger partial charge on any atom is -0.321 e. The van der Waals surface area contributed by atoms with Gasteiger partial charge in [0.25, 0.3) is 5.91 Å². The summed E-state index contributed by atoms with van der Waals surface area (Å²) in [4.78, 5) is 19.3. The Labute approximate surface area is 180 Å². The van der Waals surface area contributed by atoms with Crippen LogP contribution in [0.25, 0.3) is 0 Å². The predicted octanol–water partition coefficient (Wildman–Crippen LogP) is 6.21. The normalized spacial score (nSPS) is 14.5. The molecule has 0 fully saturated rings. The van der Waals surface area contributed by atoms with Gasteiger partial charge in [-0.25, -0.2) is 0 Å². The van der Waals surface area contributed by atoms with Crippen LogP contribution in [0, 0.1) is 3.57 Å². The van der Waals surface area contributed by atoms with Crippen LogP contribution in [0.5, 0.6) is 0 Å². The second-order valence-corrected chi connectivity index (χ2v) is 8.17. The van der Waals surface area contributed by atoms with Gasteiger partial charge in [0, 0.05) is 19.8 Å². The summed E-state index contributed by atoms with van der Waals surface area (Å²) >= 11 is 14.4. The lowest BCUT2D eigenvalue weighted by Crippen LogP contribution is -2.25. The minimum atomic E-state index is -0.390. The largest absolute Gasteiger partial charge is 0.321 e. The topological polar surface area (TPSA) is 32.7 Å². The molecule has 0 N–H and O–H groups in total. The Morgan fingerprint density at radius 1 is 1.00 bits per heavy atom. The second-order valence-electron chi connectivity index (χ2n) is 6.08. The first-order valence-corrected chi connectivity index (χ1v) is 10.1. The van der Waals surface area contributed by atoms with E-state index < -0.39 is 0 Å². The van der Waals surface area contributed by atoms with Gasteiger partial charge >= 0.3 is 0 Å². The summed E-state index contributed by atoms with van der Waals surface area (Å²) in [7, 11) is 0. The molecule has 0 spiro atoms. The van der Waals surface area contributed by atoms with Crippen molar-refractivity contribution in [1.82, 2.24) is 0 Å². The molecule has 0 saturated heterocycles. The highest BCUT2D eigenvalue weighted by molar-refractivity contribution is 14.1.